The Balaban J connectivity index is 2.18. The van der Waals surface area contributed by atoms with Crippen molar-refractivity contribution in [3.63, 3.8) is 0 Å². The van der Waals surface area contributed by atoms with Crippen LogP contribution in [0.2, 0.25) is 0 Å². The van der Waals surface area contributed by atoms with Gasteiger partial charge in [-0.05, 0) is 36.6 Å². The van der Waals surface area contributed by atoms with Gasteiger partial charge in [0.1, 0.15) is 0 Å². The predicted molar refractivity (Wildman–Crippen MR) is 108 cm³/mol. The molecule has 6 heteroatoms. The molecule has 0 saturated heterocycles. The maximum Gasteiger partial charge on any atom is 0.225 e. The third kappa shape index (κ3) is 3.63. The molecule has 1 aliphatic rings. The molecule has 0 fully saturated rings. The number of hydrogen-bond acceptors (Lipinski definition) is 5. The van der Waals surface area contributed by atoms with Crippen LogP contribution in [0, 0.1) is 0 Å². The van der Waals surface area contributed by atoms with Crippen molar-refractivity contribution in [2.24, 2.45) is 0 Å². The number of allylic oxidation sites excluding steroid dienone is 1. The van der Waals surface area contributed by atoms with Crippen LogP contribution in [0.15, 0.2) is 36.9 Å². The Kier molecular flexibility index (Phi) is 5.78. The average Bonchev–Trinajstić information content (AvgIpc) is 2.67. The predicted octanol–water partition coefficient (Wildman–Crippen LogP) is 4.01. The second-order valence-corrected chi connectivity index (χ2v) is 6.55. The van der Waals surface area contributed by atoms with E-state index >= 15 is 0 Å². The number of aromatic hydroxyl groups is 1. The Labute approximate surface area is 164 Å². The lowest BCUT2D eigenvalue weighted by atomic mass is 9.83. The zero-order valence-electron chi connectivity index (χ0n) is 16.4. The van der Waals surface area contributed by atoms with E-state index in [9.17, 15) is 9.90 Å². The van der Waals surface area contributed by atoms with Crippen LogP contribution < -0.4 is 19.5 Å². The summed E-state index contributed by atoms with van der Waals surface area (Å²) in [4.78, 5) is 12.3. The molecule has 0 unspecified atom stereocenters. The Morgan fingerprint density at radius 3 is 2.64 bits per heavy atom. The molecule has 1 amide bonds. The molecule has 0 spiro atoms. The quantitative estimate of drug-likeness (QED) is 0.707. The summed E-state index contributed by atoms with van der Waals surface area (Å²) in [5, 5.41) is 12.9. The number of hydrogen-bond donors (Lipinski definition) is 2. The third-order valence-electron chi connectivity index (χ3n) is 4.81. The van der Waals surface area contributed by atoms with Gasteiger partial charge in [-0.15, -0.1) is 6.58 Å². The van der Waals surface area contributed by atoms with Gasteiger partial charge < -0.3 is 24.6 Å². The van der Waals surface area contributed by atoms with Gasteiger partial charge in [-0.1, -0.05) is 12.1 Å². The first-order chi connectivity index (χ1) is 13.5. The first kappa shape index (κ1) is 19.6. The van der Waals surface area contributed by atoms with E-state index in [0.29, 0.717) is 36.0 Å². The van der Waals surface area contributed by atoms with E-state index in [4.69, 9.17) is 14.2 Å². The maximum atomic E-state index is 12.3. The highest BCUT2D eigenvalue weighted by Crippen LogP contribution is 2.45. The van der Waals surface area contributed by atoms with Gasteiger partial charge >= 0.3 is 0 Å². The molecule has 0 aromatic heterocycles. The van der Waals surface area contributed by atoms with Gasteiger partial charge in [0, 0.05) is 29.7 Å². The molecule has 1 aliphatic heterocycles. The van der Waals surface area contributed by atoms with Gasteiger partial charge in [0.15, 0.2) is 23.0 Å². The fraction of sp³-hybridized carbons (Fsp3) is 0.318. The fourth-order valence-corrected chi connectivity index (χ4v) is 3.62. The molecule has 2 aromatic rings. The largest absolute Gasteiger partial charge is 0.504 e. The lowest BCUT2D eigenvalue weighted by Gasteiger charge is -2.28. The first-order valence-electron chi connectivity index (χ1n) is 9.17. The SMILES string of the molecule is C=CCc1cc([C@@H]2CC(=O)Nc3cc(O)c(OC)cc32)cc(OCC)c1OC. The van der Waals surface area contributed by atoms with Gasteiger partial charge in [0.25, 0.3) is 0 Å². The average molecular weight is 383 g/mol. The Hall–Kier alpha value is -3.15. The van der Waals surface area contributed by atoms with E-state index < -0.39 is 0 Å². The van der Waals surface area contributed by atoms with Crippen LogP contribution >= 0.6 is 0 Å². The van der Waals surface area contributed by atoms with Crippen LogP contribution in [0.25, 0.3) is 0 Å². The highest BCUT2D eigenvalue weighted by atomic mass is 16.5. The highest BCUT2D eigenvalue weighted by molar-refractivity contribution is 5.96. The van der Waals surface area contributed by atoms with Crippen molar-refractivity contribution < 1.29 is 24.1 Å². The molecular weight excluding hydrogens is 358 g/mol. The van der Waals surface area contributed by atoms with E-state index in [-0.39, 0.29) is 24.0 Å². The normalized spacial score (nSPS) is 15.4. The van der Waals surface area contributed by atoms with Crippen molar-refractivity contribution in [1.82, 2.24) is 0 Å². The zero-order chi connectivity index (χ0) is 20.3. The van der Waals surface area contributed by atoms with E-state index in [1.807, 2.05) is 19.1 Å². The van der Waals surface area contributed by atoms with Crippen molar-refractivity contribution in [3.05, 3.63) is 53.6 Å². The molecule has 1 heterocycles. The van der Waals surface area contributed by atoms with Crippen molar-refractivity contribution in [3.8, 4) is 23.0 Å². The number of benzene rings is 2. The standard InChI is InChI=1S/C22H25NO5/c1-5-7-13-8-14(9-20(28-6-2)22(13)27-4)15-11-21(25)23-17-12-18(24)19(26-3)10-16(15)17/h5,8-10,12,15,24H,1,6-7,11H2,2-4H3,(H,23,25)/t15-/m0/s1. The first-order valence-corrected chi connectivity index (χ1v) is 9.17. The van der Waals surface area contributed by atoms with Crippen molar-refractivity contribution in [2.45, 2.75) is 25.7 Å². The minimum atomic E-state index is -0.202. The lowest BCUT2D eigenvalue weighted by Crippen LogP contribution is -2.23. The van der Waals surface area contributed by atoms with Gasteiger partial charge in [-0.25, -0.2) is 0 Å². The topological polar surface area (TPSA) is 77.0 Å². The number of fused-ring (bicyclic) bond motifs is 1. The van der Waals surface area contributed by atoms with Crippen molar-refractivity contribution in [1.29, 1.82) is 0 Å². The summed E-state index contributed by atoms with van der Waals surface area (Å²) < 4.78 is 16.6. The molecule has 0 radical (unpaired) electrons. The molecule has 148 valence electrons. The molecule has 1 atom stereocenters. The number of methoxy groups -OCH3 is 2. The van der Waals surface area contributed by atoms with Gasteiger partial charge in [0.2, 0.25) is 5.91 Å². The molecule has 0 bridgehead atoms. The van der Waals surface area contributed by atoms with Crippen LogP contribution in [-0.4, -0.2) is 31.8 Å². The summed E-state index contributed by atoms with van der Waals surface area (Å²) in [6.45, 7) is 6.23. The minimum Gasteiger partial charge on any atom is -0.504 e. The smallest absolute Gasteiger partial charge is 0.225 e. The van der Waals surface area contributed by atoms with Crippen molar-refractivity contribution in [2.75, 3.05) is 26.1 Å². The number of nitrogens with one attached hydrogen (secondary N) is 1. The summed E-state index contributed by atoms with van der Waals surface area (Å²) >= 11 is 0. The summed E-state index contributed by atoms with van der Waals surface area (Å²) in [6.07, 6.45) is 2.70. The number of carbonyl (C=O) groups excluding carboxylic acids is 1. The van der Waals surface area contributed by atoms with E-state index in [2.05, 4.69) is 11.9 Å². The number of rotatable bonds is 7. The molecule has 2 aromatic carbocycles. The molecule has 0 aliphatic carbocycles. The summed E-state index contributed by atoms with van der Waals surface area (Å²) in [5.41, 5.74) is 3.34. The molecule has 2 N–H and O–H groups in total. The number of anilines is 1. The lowest BCUT2D eigenvalue weighted by molar-refractivity contribution is -0.116. The number of amides is 1. The van der Waals surface area contributed by atoms with Crippen LogP contribution in [0.1, 0.15) is 36.0 Å². The van der Waals surface area contributed by atoms with Crippen LogP contribution in [0.5, 0.6) is 23.0 Å². The van der Waals surface area contributed by atoms with Crippen LogP contribution in [-0.2, 0) is 11.2 Å². The molecule has 3 rings (SSSR count). The van der Waals surface area contributed by atoms with E-state index in [1.165, 1.54) is 13.2 Å². The van der Waals surface area contributed by atoms with Crippen LogP contribution in [0.3, 0.4) is 0 Å². The second kappa shape index (κ2) is 8.25. The van der Waals surface area contributed by atoms with E-state index in [0.717, 1.165) is 16.7 Å². The van der Waals surface area contributed by atoms with Crippen molar-refractivity contribution >= 4 is 11.6 Å². The monoisotopic (exact) mass is 383 g/mol. The molecular formula is C22H25NO5. The summed E-state index contributed by atoms with van der Waals surface area (Å²) in [7, 11) is 3.11. The van der Waals surface area contributed by atoms with E-state index in [1.54, 1.807) is 19.3 Å². The number of ether oxygens (including phenoxy) is 3. The second-order valence-electron chi connectivity index (χ2n) is 6.55. The number of phenolic OH excluding ortho intramolecular Hbond substituents is 1. The minimum absolute atomic E-state index is 0.0146. The molecule has 6 nitrogen and oxygen atoms in total. The van der Waals surface area contributed by atoms with Crippen LogP contribution in [0.4, 0.5) is 5.69 Å². The van der Waals surface area contributed by atoms with Gasteiger partial charge in [0.05, 0.1) is 20.8 Å². The zero-order valence-corrected chi connectivity index (χ0v) is 16.4. The fourth-order valence-electron chi connectivity index (χ4n) is 3.62. The number of phenols is 1. The Bertz CT molecular complexity index is 906. The molecule has 28 heavy (non-hydrogen) atoms. The number of carbonyl (C=O) groups is 1. The Morgan fingerprint density at radius 2 is 2.00 bits per heavy atom. The third-order valence-corrected chi connectivity index (χ3v) is 4.81. The van der Waals surface area contributed by atoms with Gasteiger partial charge in [-0.3, -0.25) is 4.79 Å². The summed E-state index contributed by atoms with van der Waals surface area (Å²) in [6, 6.07) is 7.24. The molecule has 0 saturated carbocycles. The maximum absolute atomic E-state index is 12.3. The Morgan fingerprint density at radius 1 is 1.21 bits per heavy atom. The highest BCUT2D eigenvalue weighted by Gasteiger charge is 2.29. The van der Waals surface area contributed by atoms with Gasteiger partial charge in [-0.2, -0.15) is 0 Å². The summed E-state index contributed by atoms with van der Waals surface area (Å²) in [5.74, 6) is 1.35.